The summed E-state index contributed by atoms with van der Waals surface area (Å²) in [5, 5.41) is 18.0. The summed E-state index contributed by atoms with van der Waals surface area (Å²) in [5.41, 5.74) is 0.860. The molecule has 2 aromatic rings. The smallest absolute Gasteiger partial charge is 0.268 e. The normalized spacial score (nSPS) is 14.1. The Morgan fingerprint density at radius 2 is 1.97 bits per heavy atom. The van der Waals surface area contributed by atoms with E-state index in [1.807, 2.05) is 13.0 Å². The third-order valence-corrected chi connectivity index (χ3v) is 5.74. The SMILES string of the molecule is CC1CC1.CC[C@@H](C[C@@H](C#N)NC(=O)CNC(=O)c1cc2c(OC)cc(Cl)cc2[nH]1)C(=O)NC. The molecule has 10 heteroatoms. The lowest BCUT2D eigenvalue weighted by Gasteiger charge is -2.18. The van der Waals surface area contributed by atoms with Crippen LogP contribution in [-0.2, 0) is 9.59 Å². The Kier molecular flexibility index (Phi) is 10.2. The average Bonchev–Trinajstić information content (AvgIpc) is 3.49. The molecule has 4 N–H and O–H groups in total. The fourth-order valence-corrected chi connectivity index (χ4v) is 3.43. The van der Waals surface area contributed by atoms with Crippen LogP contribution in [0.2, 0.25) is 5.02 Å². The molecule has 1 aromatic carbocycles. The van der Waals surface area contributed by atoms with Crippen molar-refractivity contribution in [3.63, 3.8) is 0 Å². The predicted octanol–water partition coefficient (Wildman–Crippen LogP) is 3.15. The number of nitrogens with zero attached hydrogens (tertiary/aromatic N) is 1. The minimum absolute atomic E-state index is 0.186. The van der Waals surface area contributed by atoms with Crippen LogP contribution in [0.15, 0.2) is 18.2 Å². The molecule has 0 aliphatic heterocycles. The lowest BCUT2D eigenvalue weighted by Crippen LogP contribution is -2.43. The molecule has 1 saturated carbocycles. The van der Waals surface area contributed by atoms with E-state index in [2.05, 4.69) is 27.9 Å². The lowest BCUT2D eigenvalue weighted by molar-refractivity contribution is -0.125. The number of hydrogen-bond acceptors (Lipinski definition) is 5. The van der Waals surface area contributed by atoms with Gasteiger partial charge in [-0.15, -0.1) is 0 Å². The number of nitriles is 1. The number of hydrogen-bond donors (Lipinski definition) is 4. The van der Waals surface area contributed by atoms with E-state index < -0.39 is 17.9 Å². The second-order valence-corrected chi connectivity index (χ2v) is 8.76. The van der Waals surface area contributed by atoms with Crippen LogP contribution in [0, 0.1) is 23.2 Å². The van der Waals surface area contributed by atoms with Gasteiger partial charge in [0.1, 0.15) is 17.5 Å². The molecule has 0 unspecified atom stereocenters. The zero-order chi connectivity index (χ0) is 25.3. The Labute approximate surface area is 204 Å². The molecule has 0 saturated heterocycles. The summed E-state index contributed by atoms with van der Waals surface area (Å²) in [6.07, 6.45) is 3.70. The fraction of sp³-hybridized carbons (Fsp3) is 0.500. The topological polar surface area (TPSA) is 136 Å². The van der Waals surface area contributed by atoms with Crippen molar-refractivity contribution in [2.75, 3.05) is 20.7 Å². The van der Waals surface area contributed by atoms with Crippen molar-refractivity contribution in [3.05, 3.63) is 28.9 Å². The van der Waals surface area contributed by atoms with Crippen molar-refractivity contribution in [3.8, 4) is 11.8 Å². The van der Waals surface area contributed by atoms with Gasteiger partial charge in [0.15, 0.2) is 0 Å². The van der Waals surface area contributed by atoms with E-state index in [1.165, 1.54) is 27.0 Å². The number of amides is 3. The number of halogens is 1. The van der Waals surface area contributed by atoms with E-state index in [-0.39, 0.29) is 30.5 Å². The van der Waals surface area contributed by atoms with E-state index in [1.54, 1.807) is 18.2 Å². The molecule has 1 heterocycles. The Morgan fingerprint density at radius 3 is 2.50 bits per heavy atom. The van der Waals surface area contributed by atoms with Crippen molar-refractivity contribution < 1.29 is 19.1 Å². The quantitative estimate of drug-likeness (QED) is 0.429. The van der Waals surface area contributed by atoms with Crippen LogP contribution < -0.4 is 20.7 Å². The van der Waals surface area contributed by atoms with Crippen LogP contribution in [-0.4, -0.2) is 49.4 Å². The number of methoxy groups -OCH3 is 1. The average molecular weight is 490 g/mol. The molecule has 34 heavy (non-hydrogen) atoms. The van der Waals surface area contributed by atoms with Crippen LogP contribution in [0.4, 0.5) is 0 Å². The first-order valence-corrected chi connectivity index (χ1v) is 11.6. The molecular formula is C24H32ClN5O4. The molecule has 0 radical (unpaired) electrons. The highest BCUT2D eigenvalue weighted by molar-refractivity contribution is 6.31. The molecule has 3 rings (SSSR count). The summed E-state index contributed by atoms with van der Waals surface area (Å²) in [5.74, 6) is 0.00422. The summed E-state index contributed by atoms with van der Waals surface area (Å²) < 4.78 is 5.26. The van der Waals surface area contributed by atoms with E-state index in [9.17, 15) is 19.6 Å². The second-order valence-electron chi connectivity index (χ2n) is 8.32. The van der Waals surface area contributed by atoms with E-state index in [4.69, 9.17) is 16.3 Å². The number of rotatable bonds is 9. The number of fused-ring (bicyclic) bond motifs is 1. The molecule has 3 amide bonds. The van der Waals surface area contributed by atoms with Gasteiger partial charge in [0.25, 0.3) is 5.91 Å². The first-order chi connectivity index (χ1) is 16.2. The maximum Gasteiger partial charge on any atom is 0.268 e. The minimum atomic E-state index is -0.837. The van der Waals surface area contributed by atoms with E-state index in [0.29, 0.717) is 28.1 Å². The van der Waals surface area contributed by atoms with Gasteiger partial charge in [0.2, 0.25) is 11.8 Å². The Bertz CT molecular complexity index is 1060. The van der Waals surface area contributed by atoms with E-state index >= 15 is 0 Å². The Morgan fingerprint density at radius 1 is 1.29 bits per heavy atom. The number of nitrogens with one attached hydrogen (secondary N) is 4. The van der Waals surface area contributed by atoms with Crippen molar-refractivity contribution in [2.45, 2.75) is 45.6 Å². The number of carbonyl (C=O) groups is 3. The standard InChI is InChI=1S/C20H24ClN5O4.C4H8/c1-4-11(19(28)23-2)5-13(9-22)25-18(27)10-24-20(29)16-8-14-15(26-16)6-12(21)7-17(14)30-3;1-4-2-3-4/h6-8,11,13,26H,4-5,10H2,1-3H3,(H,23,28)(H,24,29)(H,25,27);4H,2-3H2,1H3/t11-,13-;/m0./s1. The van der Waals surface area contributed by atoms with Gasteiger partial charge in [-0.3, -0.25) is 14.4 Å². The van der Waals surface area contributed by atoms with Gasteiger partial charge in [0.05, 0.1) is 25.2 Å². The first kappa shape index (κ1) is 27.0. The fourth-order valence-electron chi connectivity index (χ4n) is 3.22. The molecule has 1 aliphatic carbocycles. The zero-order valence-electron chi connectivity index (χ0n) is 20.0. The van der Waals surface area contributed by atoms with Crippen molar-refractivity contribution >= 4 is 40.2 Å². The van der Waals surface area contributed by atoms with Crippen molar-refractivity contribution in [1.82, 2.24) is 20.9 Å². The highest BCUT2D eigenvalue weighted by Crippen LogP contribution is 2.30. The van der Waals surface area contributed by atoms with Crippen molar-refractivity contribution in [1.29, 1.82) is 5.26 Å². The zero-order valence-corrected chi connectivity index (χ0v) is 20.7. The third kappa shape index (κ3) is 7.96. The largest absolute Gasteiger partial charge is 0.496 e. The Balaban J connectivity index is 0.000000920. The van der Waals surface area contributed by atoms with Gasteiger partial charge in [-0.1, -0.05) is 38.3 Å². The first-order valence-electron chi connectivity index (χ1n) is 11.3. The predicted molar refractivity (Wildman–Crippen MR) is 131 cm³/mol. The number of benzene rings is 1. The maximum atomic E-state index is 12.4. The maximum absolute atomic E-state index is 12.4. The van der Waals surface area contributed by atoms with Gasteiger partial charge in [-0.05, 0) is 37.0 Å². The van der Waals surface area contributed by atoms with Crippen LogP contribution in [0.3, 0.4) is 0 Å². The number of aromatic amines is 1. The number of ether oxygens (including phenoxy) is 1. The molecule has 0 bridgehead atoms. The van der Waals surface area contributed by atoms with Crippen LogP contribution in [0.5, 0.6) is 5.75 Å². The van der Waals surface area contributed by atoms with Crippen LogP contribution in [0.25, 0.3) is 10.9 Å². The van der Waals surface area contributed by atoms with Gasteiger partial charge < -0.3 is 25.7 Å². The van der Waals surface area contributed by atoms with Gasteiger partial charge >= 0.3 is 0 Å². The van der Waals surface area contributed by atoms with E-state index in [0.717, 1.165) is 5.92 Å². The number of carbonyl (C=O) groups excluding carboxylic acids is 3. The molecule has 184 valence electrons. The molecule has 1 fully saturated rings. The second kappa shape index (κ2) is 12.8. The third-order valence-electron chi connectivity index (χ3n) is 5.53. The summed E-state index contributed by atoms with van der Waals surface area (Å²) in [4.78, 5) is 39.3. The van der Waals surface area contributed by atoms with Crippen molar-refractivity contribution in [2.24, 2.45) is 11.8 Å². The molecular weight excluding hydrogens is 458 g/mol. The summed E-state index contributed by atoms with van der Waals surface area (Å²) in [6.45, 7) is 3.79. The highest BCUT2D eigenvalue weighted by Gasteiger charge is 2.22. The monoisotopic (exact) mass is 489 g/mol. The van der Waals surface area contributed by atoms with Gasteiger partial charge in [-0.2, -0.15) is 5.26 Å². The minimum Gasteiger partial charge on any atom is -0.496 e. The summed E-state index contributed by atoms with van der Waals surface area (Å²) >= 11 is 6.03. The molecule has 0 spiro atoms. The molecule has 1 aromatic heterocycles. The van der Waals surface area contributed by atoms with Crippen LogP contribution >= 0.6 is 11.6 Å². The number of H-pyrrole nitrogens is 1. The molecule has 2 atom stereocenters. The lowest BCUT2D eigenvalue weighted by atomic mass is 9.97. The Hall–Kier alpha value is -3.25. The van der Waals surface area contributed by atoms with Gasteiger partial charge in [0, 0.05) is 23.4 Å². The number of aromatic nitrogens is 1. The van der Waals surface area contributed by atoms with Gasteiger partial charge in [-0.25, -0.2) is 0 Å². The molecule has 9 nitrogen and oxygen atoms in total. The summed E-state index contributed by atoms with van der Waals surface area (Å²) in [6, 6.07) is 6.04. The molecule has 1 aliphatic rings. The highest BCUT2D eigenvalue weighted by atomic mass is 35.5. The van der Waals surface area contributed by atoms with Crippen LogP contribution in [0.1, 0.15) is 50.0 Å². The summed E-state index contributed by atoms with van der Waals surface area (Å²) in [7, 11) is 3.02.